The van der Waals surface area contributed by atoms with Crippen LogP contribution in [0.25, 0.3) is 10.9 Å². The molecule has 0 saturated carbocycles. The number of benzene rings is 1. The number of pyridine rings is 1. The molecule has 0 unspecified atom stereocenters. The number of nitrogens with one attached hydrogen (secondary N) is 2. The zero-order chi connectivity index (χ0) is 19.7. The second-order valence-corrected chi connectivity index (χ2v) is 6.92. The van der Waals surface area contributed by atoms with E-state index in [-0.39, 0.29) is 18.5 Å². The van der Waals surface area contributed by atoms with Gasteiger partial charge in [0.05, 0.1) is 5.92 Å². The van der Waals surface area contributed by atoms with Crippen molar-refractivity contribution in [2.45, 2.75) is 19.0 Å². The summed E-state index contributed by atoms with van der Waals surface area (Å²) < 4.78 is 38.7. The minimum Gasteiger partial charge on any atom is -0.371 e. The van der Waals surface area contributed by atoms with Crippen LogP contribution in [0.2, 0.25) is 0 Å². The lowest BCUT2D eigenvalue weighted by atomic mass is 9.96. The summed E-state index contributed by atoms with van der Waals surface area (Å²) in [5.74, 6) is -0.774. The third kappa shape index (κ3) is 3.74. The summed E-state index contributed by atoms with van der Waals surface area (Å²) in [5.41, 5.74) is 2.70. The second kappa shape index (κ2) is 7.08. The van der Waals surface area contributed by atoms with E-state index in [0.29, 0.717) is 24.6 Å². The minimum atomic E-state index is -4.15. The first kappa shape index (κ1) is 18.2. The lowest BCUT2D eigenvalue weighted by molar-refractivity contribution is -0.179. The Morgan fingerprint density at radius 3 is 2.64 bits per heavy atom. The standard InChI is InChI=1S/C20H18F3N5/c21-20(22,23)14-4-7-28(8-5-14)17-9-16(12-24)27-19(11-17)26-15-2-1-13-3-6-25-18(13)10-15/h1-3,6,9-11,14,25H,4-5,7-8H2,(H,26,27). The van der Waals surface area contributed by atoms with Gasteiger partial charge in [0.2, 0.25) is 0 Å². The fraction of sp³-hybridized carbons (Fsp3) is 0.300. The summed E-state index contributed by atoms with van der Waals surface area (Å²) in [5, 5.41) is 13.6. The van der Waals surface area contributed by atoms with Crippen molar-refractivity contribution in [2.75, 3.05) is 23.3 Å². The SMILES string of the molecule is N#Cc1cc(N2CCC(C(F)(F)F)CC2)cc(Nc2ccc3cc[nH]c3c2)n1. The third-order valence-electron chi connectivity index (χ3n) is 5.08. The highest BCUT2D eigenvalue weighted by Crippen LogP contribution is 2.36. The van der Waals surface area contributed by atoms with Gasteiger partial charge in [-0.1, -0.05) is 6.07 Å². The third-order valence-corrected chi connectivity index (χ3v) is 5.08. The van der Waals surface area contributed by atoms with E-state index < -0.39 is 12.1 Å². The first-order valence-corrected chi connectivity index (χ1v) is 9.00. The first-order valence-electron chi connectivity index (χ1n) is 9.00. The van der Waals surface area contributed by atoms with Gasteiger partial charge in [0.1, 0.15) is 17.6 Å². The molecule has 0 bridgehead atoms. The van der Waals surface area contributed by atoms with Gasteiger partial charge in [-0.15, -0.1) is 0 Å². The van der Waals surface area contributed by atoms with Crippen LogP contribution in [0, 0.1) is 17.2 Å². The molecule has 1 aliphatic rings. The van der Waals surface area contributed by atoms with Crippen molar-refractivity contribution in [1.82, 2.24) is 9.97 Å². The van der Waals surface area contributed by atoms with Crippen molar-refractivity contribution in [3.8, 4) is 6.07 Å². The molecule has 0 aliphatic carbocycles. The topological polar surface area (TPSA) is 67.7 Å². The van der Waals surface area contributed by atoms with E-state index in [9.17, 15) is 18.4 Å². The zero-order valence-electron chi connectivity index (χ0n) is 14.9. The molecule has 0 amide bonds. The van der Waals surface area contributed by atoms with Crippen molar-refractivity contribution < 1.29 is 13.2 Å². The number of alkyl halides is 3. The van der Waals surface area contributed by atoms with Gasteiger partial charge in [0.25, 0.3) is 0 Å². The van der Waals surface area contributed by atoms with Crippen LogP contribution in [0.4, 0.5) is 30.4 Å². The maximum Gasteiger partial charge on any atom is 0.391 e. The molecule has 2 N–H and O–H groups in total. The molecule has 144 valence electrons. The molecule has 1 saturated heterocycles. The molecule has 5 nitrogen and oxygen atoms in total. The van der Waals surface area contributed by atoms with Crippen LogP contribution in [0.5, 0.6) is 0 Å². The largest absolute Gasteiger partial charge is 0.391 e. The molecule has 1 aromatic carbocycles. The molecule has 8 heteroatoms. The number of nitriles is 1. The number of aromatic nitrogens is 2. The van der Waals surface area contributed by atoms with Gasteiger partial charge >= 0.3 is 6.18 Å². The molecule has 3 heterocycles. The van der Waals surface area contributed by atoms with E-state index >= 15 is 0 Å². The predicted octanol–water partition coefficient (Wildman–Crippen LogP) is 4.96. The summed E-state index contributed by atoms with van der Waals surface area (Å²) >= 11 is 0. The Morgan fingerprint density at radius 2 is 1.93 bits per heavy atom. The van der Waals surface area contributed by atoms with E-state index in [0.717, 1.165) is 16.6 Å². The van der Waals surface area contributed by atoms with Crippen LogP contribution in [0.1, 0.15) is 18.5 Å². The number of aromatic amines is 1. The van der Waals surface area contributed by atoms with E-state index in [2.05, 4.69) is 15.3 Å². The van der Waals surface area contributed by atoms with Crippen LogP contribution in [0.15, 0.2) is 42.6 Å². The Hall–Kier alpha value is -3.21. The van der Waals surface area contributed by atoms with Crippen LogP contribution in [-0.2, 0) is 0 Å². The van der Waals surface area contributed by atoms with Gasteiger partial charge < -0.3 is 15.2 Å². The number of halogens is 3. The Kier molecular flexibility index (Phi) is 4.59. The molecule has 1 fully saturated rings. The van der Waals surface area contributed by atoms with E-state index in [1.165, 1.54) is 0 Å². The van der Waals surface area contributed by atoms with E-state index in [4.69, 9.17) is 0 Å². The van der Waals surface area contributed by atoms with Gasteiger partial charge in [-0.2, -0.15) is 18.4 Å². The maximum atomic E-state index is 12.9. The zero-order valence-corrected chi connectivity index (χ0v) is 14.9. The molecular weight excluding hydrogens is 367 g/mol. The summed E-state index contributed by atoms with van der Waals surface area (Å²) in [4.78, 5) is 9.29. The van der Waals surface area contributed by atoms with Crippen LogP contribution >= 0.6 is 0 Å². The molecule has 28 heavy (non-hydrogen) atoms. The Morgan fingerprint density at radius 1 is 1.14 bits per heavy atom. The maximum absolute atomic E-state index is 12.9. The summed E-state index contributed by atoms with van der Waals surface area (Å²) in [6.45, 7) is 0.597. The quantitative estimate of drug-likeness (QED) is 0.669. The molecular formula is C20H18F3N5. The molecule has 4 rings (SSSR count). The Bertz CT molecular complexity index is 1030. The van der Waals surface area contributed by atoms with Crippen LogP contribution in [0.3, 0.4) is 0 Å². The van der Waals surface area contributed by atoms with E-state index in [1.54, 1.807) is 12.1 Å². The van der Waals surface area contributed by atoms with Crippen molar-refractivity contribution in [3.63, 3.8) is 0 Å². The highest BCUT2D eigenvalue weighted by atomic mass is 19.4. The van der Waals surface area contributed by atoms with Crippen molar-refractivity contribution >= 4 is 28.1 Å². The number of rotatable bonds is 3. The number of hydrogen-bond donors (Lipinski definition) is 2. The summed E-state index contributed by atoms with van der Waals surface area (Å²) in [7, 11) is 0. The fourth-order valence-electron chi connectivity index (χ4n) is 3.56. The fourth-order valence-corrected chi connectivity index (χ4v) is 3.56. The average molecular weight is 385 g/mol. The lowest BCUT2D eigenvalue weighted by Gasteiger charge is -2.34. The van der Waals surface area contributed by atoms with Crippen LogP contribution < -0.4 is 10.2 Å². The normalized spacial score (nSPS) is 15.6. The highest BCUT2D eigenvalue weighted by Gasteiger charge is 2.41. The first-order chi connectivity index (χ1) is 13.4. The predicted molar refractivity (Wildman–Crippen MR) is 102 cm³/mol. The van der Waals surface area contributed by atoms with Crippen molar-refractivity contribution in [2.24, 2.45) is 5.92 Å². The lowest BCUT2D eigenvalue weighted by Crippen LogP contribution is -2.39. The number of fused-ring (bicyclic) bond motifs is 1. The van der Waals surface area contributed by atoms with Crippen LogP contribution in [-0.4, -0.2) is 29.2 Å². The second-order valence-electron chi connectivity index (χ2n) is 6.92. The van der Waals surface area contributed by atoms with Gasteiger partial charge in [-0.05, 0) is 42.5 Å². The number of hydrogen-bond acceptors (Lipinski definition) is 4. The van der Waals surface area contributed by atoms with Crippen molar-refractivity contribution in [1.29, 1.82) is 5.26 Å². The van der Waals surface area contributed by atoms with Crippen molar-refractivity contribution in [3.05, 3.63) is 48.3 Å². The Balaban J connectivity index is 1.55. The number of H-pyrrole nitrogens is 1. The molecule has 1 aliphatic heterocycles. The van der Waals surface area contributed by atoms with Gasteiger partial charge in [-0.25, -0.2) is 4.98 Å². The number of anilines is 3. The molecule has 0 spiro atoms. The monoisotopic (exact) mass is 385 g/mol. The molecule has 0 radical (unpaired) electrons. The minimum absolute atomic E-state index is 0.0555. The average Bonchev–Trinajstić information content (AvgIpc) is 3.15. The molecule has 2 aromatic heterocycles. The smallest absolute Gasteiger partial charge is 0.371 e. The summed E-state index contributed by atoms with van der Waals surface area (Å²) in [6.07, 6.45) is -2.18. The van der Waals surface area contributed by atoms with Gasteiger partial charge in [-0.3, -0.25) is 0 Å². The number of nitrogens with zero attached hydrogens (tertiary/aromatic N) is 3. The van der Waals surface area contributed by atoms with Gasteiger partial charge in [0.15, 0.2) is 0 Å². The number of piperidine rings is 1. The molecule has 3 aromatic rings. The highest BCUT2D eigenvalue weighted by molar-refractivity contribution is 5.83. The molecule has 0 atom stereocenters. The summed E-state index contributed by atoms with van der Waals surface area (Å²) in [6, 6.07) is 13.2. The van der Waals surface area contributed by atoms with E-state index in [1.807, 2.05) is 41.4 Å². The van der Waals surface area contributed by atoms with Gasteiger partial charge in [0, 0.05) is 42.2 Å². The Labute approximate surface area is 159 Å².